The molecule has 0 aliphatic carbocycles. The lowest BCUT2D eigenvalue weighted by Gasteiger charge is -2.07. The van der Waals surface area contributed by atoms with Crippen molar-refractivity contribution in [1.29, 1.82) is 5.26 Å². The van der Waals surface area contributed by atoms with Gasteiger partial charge in [0.2, 0.25) is 5.91 Å². The fourth-order valence-electron chi connectivity index (χ4n) is 1.89. The Morgan fingerprint density at radius 2 is 2.00 bits per heavy atom. The lowest BCUT2D eigenvalue weighted by atomic mass is 10.2. The summed E-state index contributed by atoms with van der Waals surface area (Å²) in [6.07, 6.45) is 0.971. The smallest absolute Gasteiger partial charge is 0.224 e. The third-order valence-corrected chi connectivity index (χ3v) is 2.97. The molecule has 2 aromatic rings. The van der Waals surface area contributed by atoms with Gasteiger partial charge in [-0.1, -0.05) is 6.07 Å². The minimum absolute atomic E-state index is 0.0750. The summed E-state index contributed by atoms with van der Waals surface area (Å²) in [7, 11) is 0. The standard InChI is InChI=1S/C17H17N3O2/c18-12-13-6-8-16(9-7-13)22-10-2-5-17(21)20-15-4-1-3-14(19)11-15/h1,3-4,6-9,11H,2,5,10,19H2,(H,20,21). The van der Waals surface area contributed by atoms with Crippen LogP contribution in [0, 0.1) is 11.3 Å². The highest BCUT2D eigenvalue weighted by Gasteiger charge is 2.03. The number of hydrogen-bond acceptors (Lipinski definition) is 4. The van der Waals surface area contributed by atoms with E-state index in [0.717, 1.165) is 0 Å². The number of nitrogens with zero attached hydrogens (tertiary/aromatic N) is 1. The Hall–Kier alpha value is -3.00. The number of nitrogens with two attached hydrogens (primary N) is 1. The van der Waals surface area contributed by atoms with Crippen LogP contribution in [0.1, 0.15) is 18.4 Å². The average Bonchev–Trinajstić information content (AvgIpc) is 2.52. The van der Waals surface area contributed by atoms with Gasteiger partial charge in [0.05, 0.1) is 18.2 Å². The molecule has 2 rings (SSSR count). The number of amides is 1. The van der Waals surface area contributed by atoms with E-state index in [2.05, 4.69) is 5.32 Å². The monoisotopic (exact) mass is 295 g/mol. The van der Waals surface area contributed by atoms with E-state index in [4.69, 9.17) is 15.7 Å². The highest BCUT2D eigenvalue weighted by atomic mass is 16.5. The van der Waals surface area contributed by atoms with Crippen molar-refractivity contribution in [3.63, 3.8) is 0 Å². The van der Waals surface area contributed by atoms with Crippen molar-refractivity contribution < 1.29 is 9.53 Å². The molecule has 112 valence electrons. The molecule has 5 nitrogen and oxygen atoms in total. The van der Waals surface area contributed by atoms with Gasteiger partial charge in [-0.15, -0.1) is 0 Å². The second-order valence-electron chi connectivity index (χ2n) is 4.76. The van der Waals surface area contributed by atoms with Crippen LogP contribution in [0.5, 0.6) is 5.75 Å². The average molecular weight is 295 g/mol. The van der Waals surface area contributed by atoms with Gasteiger partial charge in [-0.05, 0) is 48.9 Å². The first-order chi connectivity index (χ1) is 10.7. The number of nitrogens with one attached hydrogen (secondary N) is 1. The molecule has 0 aromatic heterocycles. The summed E-state index contributed by atoms with van der Waals surface area (Å²) in [6.45, 7) is 0.441. The Bertz CT molecular complexity index is 675. The molecule has 0 aliphatic heterocycles. The first-order valence-corrected chi connectivity index (χ1v) is 6.96. The van der Waals surface area contributed by atoms with Gasteiger partial charge >= 0.3 is 0 Å². The number of carbonyl (C=O) groups excluding carboxylic acids is 1. The number of nitrogen functional groups attached to an aromatic ring is 1. The highest BCUT2D eigenvalue weighted by molar-refractivity contribution is 5.91. The molecule has 0 radical (unpaired) electrons. The maximum Gasteiger partial charge on any atom is 0.224 e. The third-order valence-electron chi connectivity index (χ3n) is 2.97. The van der Waals surface area contributed by atoms with Crippen LogP contribution in [0.3, 0.4) is 0 Å². The van der Waals surface area contributed by atoms with Crippen molar-refractivity contribution in [2.45, 2.75) is 12.8 Å². The van der Waals surface area contributed by atoms with E-state index >= 15 is 0 Å². The van der Waals surface area contributed by atoms with Crippen LogP contribution in [0.15, 0.2) is 48.5 Å². The van der Waals surface area contributed by atoms with Gasteiger partial charge in [-0.2, -0.15) is 5.26 Å². The van der Waals surface area contributed by atoms with E-state index in [-0.39, 0.29) is 5.91 Å². The molecule has 22 heavy (non-hydrogen) atoms. The van der Waals surface area contributed by atoms with Gasteiger partial charge in [0.25, 0.3) is 0 Å². The molecule has 0 unspecified atom stereocenters. The molecular weight excluding hydrogens is 278 g/mol. The number of rotatable bonds is 6. The second-order valence-corrected chi connectivity index (χ2v) is 4.76. The van der Waals surface area contributed by atoms with E-state index in [1.807, 2.05) is 6.07 Å². The van der Waals surface area contributed by atoms with E-state index in [1.54, 1.807) is 48.5 Å². The van der Waals surface area contributed by atoms with Crippen LogP contribution in [-0.4, -0.2) is 12.5 Å². The van der Waals surface area contributed by atoms with Crippen molar-refractivity contribution in [2.75, 3.05) is 17.7 Å². The zero-order valence-corrected chi connectivity index (χ0v) is 12.1. The van der Waals surface area contributed by atoms with E-state index < -0.39 is 0 Å². The number of carbonyl (C=O) groups is 1. The summed E-state index contributed by atoms with van der Waals surface area (Å²) >= 11 is 0. The Morgan fingerprint density at radius 3 is 2.68 bits per heavy atom. The third kappa shape index (κ3) is 4.84. The highest BCUT2D eigenvalue weighted by Crippen LogP contribution is 2.13. The molecule has 0 saturated carbocycles. The lowest BCUT2D eigenvalue weighted by Crippen LogP contribution is -2.12. The molecule has 0 fully saturated rings. The van der Waals surface area contributed by atoms with Crippen LogP contribution in [-0.2, 0) is 4.79 Å². The van der Waals surface area contributed by atoms with E-state index in [1.165, 1.54) is 0 Å². The Balaban J connectivity index is 1.69. The number of anilines is 2. The number of hydrogen-bond donors (Lipinski definition) is 2. The molecule has 5 heteroatoms. The molecule has 2 aromatic carbocycles. The van der Waals surface area contributed by atoms with Gasteiger partial charge in [-0.25, -0.2) is 0 Å². The second kappa shape index (κ2) is 7.70. The predicted octanol–water partition coefficient (Wildman–Crippen LogP) is 2.94. The van der Waals surface area contributed by atoms with Crippen molar-refractivity contribution in [1.82, 2.24) is 0 Å². The number of nitriles is 1. The number of benzene rings is 2. The zero-order valence-electron chi connectivity index (χ0n) is 12.1. The summed E-state index contributed by atoms with van der Waals surface area (Å²) < 4.78 is 5.52. The quantitative estimate of drug-likeness (QED) is 0.633. The molecule has 0 atom stereocenters. The molecule has 0 bridgehead atoms. The first-order valence-electron chi connectivity index (χ1n) is 6.96. The van der Waals surface area contributed by atoms with Gasteiger partial charge in [0.1, 0.15) is 5.75 Å². The molecule has 0 saturated heterocycles. The van der Waals surface area contributed by atoms with Gasteiger partial charge in [0, 0.05) is 17.8 Å². The lowest BCUT2D eigenvalue weighted by molar-refractivity contribution is -0.116. The van der Waals surface area contributed by atoms with Crippen molar-refractivity contribution in [3.05, 3.63) is 54.1 Å². The Morgan fingerprint density at radius 1 is 1.23 bits per heavy atom. The fourth-order valence-corrected chi connectivity index (χ4v) is 1.89. The van der Waals surface area contributed by atoms with Crippen LogP contribution in [0.25, 0.3) is 0 Å². The summed E-state index contributed by atoms with van der Waals surface area (Å²) in [5.41, 5.74) is 7.55. The van der Waals surface area contributed by atoms with E-state index in [0.29, 0.717) is 42.1 Å². The molecule has 3 N–H and O–H groups in total. The summed E-state index contributed by atoms with van der Waals surface area (Å²) in [4.78, 5) is 11.8. The van der Waals surface area contributed by atoms with Crippen LogP contribution >= 0.6 is 0 Å². The molecule has 0 heterocycles. The fraction of sp³-hybridized carbons (Fsp3) is 0.176. The zero-order chi connectivity index (χ0) is 15.8. The Labute approximate surface area is 129 Å². The van der Waals surface area contributed by atoms with Gasteiger partial charge in [-0.3, -0.25) is 4.79 Å². The van der Waals surface area contributed by atoms with Gasteiger partial charge < -0.3 is 15.8 Å². The minimum Gasteiger partial charge on any atom is -0.494 e. The molecular formula is C17H17N3O2. The SMILES string of the molecule is N#Cc1ccc(OCCCC(=O)Nc2cccc(N)c2)cc1. The number of ether oxygens (including phenoxy) is 1. The van der Waals surface area contributed by atoms with Crippen LogP contribution < -0.4 is 15.8 Å². The van der Waals surface area contributed by atoms with Crippen molar-refractivity contribution in [3.8, 4) is 11.8 Å². The normalized spacial score (nSPS) is 9.77. The van der Waals surface area contributed by atoms with E-state index in [9.17, 15) is 4.79 Å². The van der Waals surface area contributed by atoms with Crippen LogP contribution in [0.2, 0.25) is 0 Å². The van der Waals surface area contributed by atoms with Crippen molar-refractivity contribution in [2.24, 2.45) is 0 Å². The van der Waals surface area contributed by atoms with Crippen LogP contribution in [0.4, 0.5) is 11.4 Å². The van der Waals surface area contributed by atoms with Gasteiger partial charge in [0.15, 0.2) is 0 Å². The summed E-state index contributed by atoms with van der Waals surface area (Å²) in [5, 5.41) is 11.5. The predicted molar refractivity (Wildman–Crippen MR) is 85.4 cm³/mol. The summed E-state index contributed by atoms with van der Waals surface area (Å²) in [5.74, 6) is 0.615. The molecule has 1 amide bonds. The topological polar surface area (TPSA) is 88.1 Å². The Kier molecular flexibility index (Phi) is 5.38. The maximum absolute atomic E-state index is 11.8. The first kappa shape index (κ1) is 15.4. The maximum atomic E-state index is 11.8. The summed E-state index contributed by atoms with van der Waals surface area (Å²) in [6, 6.07) is 16.0. The molecule has 0 aliphatic rings. The largest absolute Gasteiger partial charge is 0.494 e. The molecule has 0 spiro atoms. The van der Waals surface area contributed by atoms with Crippen molar-refractivity contribution >= 4 is 17.3 Å². The minimum atomic E-state index is -0.0750.